The highest BCUT2D eigenvalue weighted by Crippen LogP contribution is 2.16. The average molecular weight is 336 g/mol. The summed E-state index contributed by atoms with van der Waals surface area (Å²) in [5.41, 5.74) is 6.70. The van der Waals surface area contributed by atoms with Crippen LogP contribution in [-0.2, 0) is 20.7 Å². The van der Waals surface area contributed by atoms with Gasteiger partial charge in [-0.15, -0.1) is 0 Å². The van der Waals surface area contributed by atoms with E-state index in [0.717, 1.165) is 11.3 Å². The van der Waals surface area contributed by atoms with Crippen LogP contribution in [0.15, 0.2) is 24.3 Å². The molecule has 24 heavy (non-hydrogen) atoms. The number of ether oxygens (including phenoxy) is 2. The molecule has 0 bridgehead atoms. The standard InChI is InChI=1S/C18H28N2O4/c1-5-24-16-8-6-14(7-9-16)10-15(18(22)23-4)11-20-17(21)12(2)13(3)19/h6-9,12-13,15H,5,10-11,19H2,1-4H3,(H,20,21). The van der Waals surface area contributed by atoms with Crippen molar-refractivity contribution in [3.8, 4) is 5.75 Å². The first-order valence-electron chi connectivity index (χ1n) is 8.21. The molecular weight excluding hydrogens is 308 g/mol. The van der Waals surface area contributed by atoms with Gasteiger partial charge in [0.1, 0.15) is 5.75 Å². The number of rotatable bonds is 9. The number of nitrogens with two attached hydrogens (primary N) is 1. The molecule has 3 unspecified atom stereocenters. The number of hydrogen-bond acceptors (Lipinski definition) is 5. The van der Waals surface area contributed by atoms with Crippen molar-refractivity contribution in [3.63, 3.8) is 0 Å². The normalized spacial score (nSPS) is 14.4. The Hall–Kier alpha value is -2.08. The average Bonchev–Trinajstić information content (AvgIpc) is 2.58. The SMILES string of the molecule is CCOc1ccc(CC(CNC(=O)C(C)C(C)N)C(=O)OC)cc1. The van der Waals surface area contributed by atoms with E-state index in [-0.39, 0.29) is 30.4 Å². The summed E-state index contributed by atoms with van der Waals surface area (Å²) in [5.74, 6) is -0.482. The number of nitrogens with one attached hydrogen (secondary N) is 1. The Balaban J connectivity index is 2.68. The van der Waals surface area contributed by atoms with Crippen molar-refractivity contribution in [1.29, 1.82) is 0 Å². The zero-order valence-corrected chi connectivity index (χ0v) is 14.9. The Bertz CT molecular complexity index is 528. The molecule has 0 heterocycles. The van der Waals surface area contributed by atoms with Crippen molar-refractivity contribution in [2.75, 3.05) is 20.3 Å². The van der Waals surface area contributed by atoms with Crippen LogP contribution in [0.3, 0.4) is 0 Å². The van der Waals surface area contributed by atoms with Crippen LogP contribution in [0, 0.1) is 11.8 Å². The summed E-state index contributed by atoms with van der Waals surface area (Å²) in [6, 6.07) is 7.31. The van der Waals surface area contributed by atoms with Gasteiger partial charge in [-0.3, -0.25) is 9.59 Å². The van der Waals surface area contributed by atoms with Crippen LogP contribution in [0.2, 0.25) is 0 Å². The maximum atomic E-state index is 12.0. The van der Waals surface area contributed by atoms with Crippen LogP contribution in [0.25, 0.3) is 0 Å². The monoisotopic (exact) mass is 336 g/mol. The van der Waals surface area contributed by atoms with Crippen LogP contribution >= 0.6 is 0 Å². The molecule has 1 amide bonds. The molecule has 0 saturated carbocycles. The summed E-state index contributed by atoms with van der Waals surface area (Å²) in [6.45, 7) is 6.29. The second-order valence-corrected chi connectivity index (χ2v) is 5.89. The second-order valence-electron chi connectivity index (χ2n) is 5.89. The summed E-state index contributed by atoms with van der Waals surface area (Å²) < 4.78 is 10.2. The third-order valence-electron chi connectivity index (χ3n) is 3.98. The van der Waals surface area contributed by atoms with Gasteiger partial charge in [-0.25, -0.2) is 0 Å². The van der Waals surface area contributed by atoms with Crippen molar-refractivity contribution >= 4 is 11.9 Å². The third-order valence-corrected chi connectivity index (χ3v) is 3.98. The van der Waals surface area contributed by atoms with Gasteiger partial charge in [-0.2, -0.15) is 0 Å². The minimum absolute atomic E-state index is 0.161. The molecule has 0 radical (unpaired) electrons. The van der Waals surface area contributed by atoms with Gasteiger partial charge in [0.05, 0.1) is 19.6 Å². The Morgan fingerprint density at radius 2 is 1.83 bits per heavy atom. The number of esters is 1. The molecule has 0 aliphatic heterocycles. The van der Waals surface area contributed by atoms with E-state index in [9.17, 15) is 9.59 Å². The molecule has 1 rings (SSSR count). The quantitative estimate of drug-likeness (QED) is 0.667. The molecule has 0 aromatic heterocycles. The van der Waals surface area contributed by atoms with Gasteiger partial charge in [-0.05, 0) is 38.0 Å². The highest BCUT2D eigenvalue weighted by atomic mass is 16.5. The highest BCUT2D eigenvalue weighted by Gasteiger charge is 2.23. The maximum Gasteiger partial charge on any atom is 0.310 e. The predicted molar refractivity (Wildman–Crippen MR) is 92.6 cm³/mol. The van der Waals surface area contributed by atoms with Gasteiger partial charge < -0.3 is 20.5 Å². The van der Waals surface area contributed by atoms with Gasteiger partial charge >= 0.3 is 5.97 Å². The zero-order chi connectivity index (χ0) is 18.1. The minimum Gasteiger partial charge on any atom is -0.494 e. The smallest absolute Gasteiger partial charge is 0.310 e. The van der Waals surface area contributed by atoms with E-state index in [1.54, 1.807) is 13.8 Å². The van der Waals surface area contributed by atoms with E-state index in [0.29, 0.717) is 13.0 Å². The molecule has 6 nitrogen and oxygen atoms in total. The van der Waals surface area contributed by atoms with Gasteiger partial charge in [-0.1, -0.05) is 19.1 Å². The highest BCUT2D eigenvalue weighted by molar-refractivity contribution is 5.80. The Morgan fingerprint density at radius 1 is 1.21 bits per heavy atom. The van der Waals surface area contributed by atoms with Crippen LogP contribution in [0.5, 0.6) is 5.75 Å². The second kappa shape index (κ2) is 9.93. The van der Waals surface area contributed by atoms with Gasteiger partial charge in [0.25, 0.3) is 0 Å². The number of amides is 1. The molecule has 0 aliphatic rings. The van der Waals surface area contributed by atoms with E-state index in [4.69, 9.17) is 15.2 Å². The van der Waals surface area contributed by atoms with E-state index in [2.05, 4.69) is 5.32 Å². The first kappa shape index (κ1) is 20.0. The first-order valence-corrected chi connectivity index (χ1v) is 8.21. The van der Waals surface area contributed by atoms with Crippen LogP contribution in [0.4, 0.5) is 0 Å². The first-order chi connectivity index (χ1) is 11.4. The molecule has 0 aliphatic carbocycles. The Kier molecular flexibility index (Phi) is 8.26. The fourth-order valence-electron chi connectivity index (χ4n) is 2.20. The summed E-state index contributed by atoms with van der Waals surface area (Å²) in [6.07, 6.45) is 0.478. The lowest BCUT2D eigenvalue weighted by Crippen LogP contribution is -2.42. The molecule has 0 fully saturated rings. The lowest BCUT2D eigenvalue weighted by Gasteiger charge is -2.19. The van der Waals surface area contributed by atoms with Crippen molar-refractivity contribution < 1.29 is 19.1 Å². The molecule has 0 spiro atoms. The van der Waals surface area contributed by atoms with E-state index >= 15 is 0 Å². The van der Waals surface area contributed by atoms with Crippen LogP contribution in [0.1, 0.15) is 26.3 Å². The number of methoxy groups -OCH3 is 1. The fraction of sp³-hybridized carbons (Fsp3) is 0.556. The minimum atomic E-state index is -0.447. The summed E-state index contributed by atoms with van der Waals surface area (Å²) >= 11 is 0. The fourth-order valence-corrected chi connectivity index (χ4v) is 2.20. The van der Waals surface area contributed by atoms with Gasteiger partial charge in [0.15, 0.2) is 0 Å². The molecule has 1 aromatic rings. The van der Waals surface area contributed by atoms with E-state index in [1.165, 1.54) is 7.11 Å². The lowest BCUT2D eigenvalue weighted by atomic mass is 9.98. The summed E-state index contributed by atoms with van der Waals surface area (Å²) in [7, 11) is 1.35. The van der Waals surface area contributed by atoms with Crippen LogP contribution in [-0.4, -0.2) is 38.2 Å². The zero-order valence-electron chi connectivity index (χ0n) is 14.9. The predicted octanol–water partition coefficient (Wildman–Crippen LogP) is 1.52. The topological polar surface area (TPSA) is 90.6 Å². The molecular formula is C18H28N2O4. The number of benzene rings is 1. The molecule has 0 saturated heterocycles. The third kappa shape index (κ3) is 6.20. The van der Waals surface area contributed by atoms with E-state index in [1.807, 2.05) is 31.2 Å². The number of carbonyl (C=O) groups is 2. The molecule has 3 atom stereocenters. The summed E-state index contributed by atoms with van der Waals surface area (Å²) in [5, 5.41) is 2.79. The molecule has 6 heteroatoms. The van der Waals surface area contributed by atoms with Crippen molar-refractivity contribution in [2.45, 2.75) is 33.2 Å². The summed E-state index contributed by atoms with van der Waals surface area (Å²) in [4.78, 5) is 24.0. The molecule has 1 aromatic carbocycles. The Labute approximate surface area is 143 Å². The number of carbonyl (C=O) groups excluding carboxylic acids is 2. The van der Waals surface area contributed by atoms with E-state index < -0.39 is 5.92 Å². The largest absolute Gasteiger partial charge is 0.494 e. The van der Waals surface area contributed by atoms with Crippen molar-refractivity contribution in [1.82, 2.24) is 5.32 Å². The Morgan fingerprint density at radius 3 is 2.33 bits per heavy atom. The van der Waals surface area contributed by atoms with Crippen LogP contribution < -0.4 is 15.8 Å². The molecule has 134 valence electrons. The maximum absolute atomic E-state index is 12.0. The van der Waals surface area contributed by atoms with Crippen molar-refractivity contribution in [2.24, 2.45) is 17.6 Å². The van der Waals surface area contributed by atoms with Gasteiger partial charge in [0.2, 0.25) is 5.91 Å². The lowest BCUT2D eigenvalue weighted by molar-refractivity contribution is -0.145. The van der Waals surface area contributed by atoms with Gasteiger partial charge in [0, 0.05) is 18.5 Å². The molecule has 3 N–H and O–H groups in total. The number of hydrogen-bond donors (Lipinski definition) is 2. The van der Waals surface area contributed by atoms with Crippen molar-refractivity contribution in [3.05, 3.63) is 29.8 Å².